The number of primary amides is 1. The number of benzene rings is 4. The number of hydrogen-bond donors (Lipinski definition) is 1. The second-order valence-electron chi connectivity index (χ2n) is 35.2. The number of carbonyl (C=O) groups is 6. The first-order chi connectivity index (χ1) is 70.5. The van der Waals surface area contributed by atoms with Crippen LogP contribution in [-0.4, -0.2) is 289 Å². The summed E-state index contributed by atoms with van der Waals surface area (Å²) in [7, 11) is 0. The fraction of sp³-hybridized carbons (Fsp3) is 0.369. The van der Waals surface area contributed by atoms with Crippen molar-refractivity contribution in [3.63, 3.8) is 0 Å². The molecule has 41 heteroatoms. The van der Waals surface area contributed by atoms with Crippen LogP contribution in [0.1, 0.15) is 107 Å². The van der Waals surface area contributed by atoms with Crippen LogP contribution in [0, 0.1) is 6.92 Å². The van der Waals surface area contributed by atoms with E-state index < -0.39 is 5.91 Å². The molecule has 5 aliphatic rings. The summed E-state index contributed by atoms with van der Waals surface area (Å²) < 4.78 is 0. The van der Waals surface area contributed by atoms with Gasteiger partial charge in [0.2, 0.25) is 29.5 Å². The summed E-state index contributed by atoms with van der Waals surface area (Å²) in [4.78, 5) is 169. The van der Waals surface area contributed by atoms with Crippen molar-refractivity contribution in [3.8, 4) is 11.1 Å². The van der Waals surface area contributed by atoms with Gasteiger partial charge in [0.15, 0.2) is 0 Å². The van der Waals surface area contributed by atoms with E-state index in [1.165, 1.54) is 34.1 Å². The van der Waals surface area contributed by atoms with E-state index in [1.807, 2.05) is 123 Å². The minimum Gasteiger partial charge on any atom is -0.395 e. The number of aryl methyl sites for hydroxylation is 5. The molecule has 17 aromatic rings. The quantitative estimate of drug-likeness (QED) is 0.0388. The van der Waals surface area contributed by atoms with Crippen LogP contribution in [0.25, 0.3) is 84.3 Å². The summed E-state index contributed by atoms with van der Waals surface area (Å²) in [5.74, 6) is 4.65. The summed E-state index contributed by atoms with van der Waals surface area (Å²) >= 11 is 8.60. The predicted molar refractivity (Wildman–Crippen MR) is 567 cm³/mol. The van der Waals surface area contributed by atoms with Gasteiger partial charge in [-0.05, 0) is 145 Å². The summed E-state index contributed by atoms with van der Waals surface area (Å²) in [6.45, 7) is 25.9. The van der Waals surface area contributed by atoms with Crippen molar-refractivity contribution in [3.05, 3.63) is 225 Å². The third kappa shape index (κ3) is 24.2. The van der Waals surface area contributed by atoms with E-state index in [1.54, 1.807) is 106 Å². The van der Waals surface area contributed by atoms with Gasteiger partial charge in [0.1, 0.15) is 127 Å². The summed E-state index contributed by atoms with van der Waals surface area (Å²) in [6.07, 6.45) is 19.2. The van der Waals surface area contributed by atoms with Crippen LogP contribution in [0.3, 0.4) is 0 Å². The Kier molecular flexibility index (Phi) is 32.9. The normalized spacial score (nSPS) is 14.6. The van der Waals surface area contributed by atoms with Gasteiger partial charge in [0, 0.05) is 186 Å². The molecule has 0 atom stereocenters. The number of fused-ring (bicyclic) bond motifs is 7. The molecular weight excluding hydrogens is 1920 g/mol. The molecule has 5 aliphatic heterocycles. The van der Waals surface area contributed by atoms with Crippen molar-refractivity contribution in [2.75, 3.05) is 169 Å². The molecule has 0 radical (unpaired) electrons. The molecule has 144 heavy (non-hydrogen) atoms. The number of carbonyl (C=O) groups excluding carboxylic acids is 6. The molecular formula is C103H114N28O8S5. The Balaban J connectivity index is 0.000000119. The molecule has 13 aromatic heterocycles. The zero-order chi connectivity index (χ0) is 99.4. The number of nitrogens with zero attached hydrogens (tertiary/aromatic N) is 27. The Morgan fingerprint density at radius 2 is 0.729 bits per heavy atom. The average Bonchev–Trinajstić information content (AvgIpc) is 1.63. The van der Waals surface area contributed by atoms with Crippen LogP contribution in [0.5, 0.6) is 0 Å². The van der Waals surface area contributed by atoms with E-state index in [0.29, 0.717) is 111 Å². The van der Waals surface area contributed by atoms with Gasteiger partial charge in [-0.1, -0.05) is 117 Å². The van der Waals surface area contributed by atoms with Crippen LogP contribution in [0.15, 0.2) is 190 Å². The average molecular weight is 2030 g/mol. The standard InChI is InChI=1S/C25H24N4OS.C23H27N7O2S.C21H23N7O2S.C19H21N5OS.C15H19N5O2S/c1-2-21-16-22-23(26-17-27-24(22)31-21)28-12-14-29(15-13-28)25(30)20-10-8-19(9-11-20)18-6-4-3-5-7-18;1-2-6-17-15-18-22(24-16-25-23(18)33-17)29-12-10-28(11-13-29)21(31)9-5-14-32-30-20-8-4-3-7-19(20)26-27-30;1-15-13-16-20(22-14-23-21(16)31-15)27-10-8-26(9-11-27)19(29)7-4-12-30-28-18-6-3-2-5-17(18)24-25-28;1-2-15-11-16-18(21-13-22-19(16)26-15)24-8-6-23(7-9-24)17(25)10-14-4-3-5-20-12-14;1-2-10-7-11-14(17-9-18-15(11)23-10)20-5-3-19(4-6-20)13(22)8-12(16)21/h3-11,16-17H,2,12-15H2,1H3;3-4,7-8,15-16H,2,5-6,9-14H2,1H3;2-3,5-6,13-14H,4,7-12H2,1H3;3-5,11-13H,2,6-10H2,1H3;7,9H,2-6,8H2,1H3,(H2,16,21). The number of amides is 6. The number of anilines is 5. The van der Waals surface area contributed by atoms with Gasteiger partial charge in [-0.15, -0.1) is 66.9 Å². The molecule has 0 bridgehead atoms. The van der Waals surface area contributed by atoms with E-state index in [0.717, 1.165) is 222 Å². The molecule has 0 aliphatic carbocycles. The smallest absolute Gasteiger partial charge is 0.253 e. The summed E-state index contributed by atoms with van der Waals surface area (Å²) in [6, 6.07) is 48.1. The van der Waals surface area contributed by atoms with Crippen molar-refractivity contribution >= 4 is 194 Å². The van der Waals surface area contributed by atoms with Gasteiger partial charge in [-0.3, -0.25) is 33.8 Å². The van der Waals surface area contributed by atoms with Crippen molar-refractivity contribution in [2.24, 2.45) is 5.73 Å². The first-order valence-corrected chi connectivity index (χ1v) is 53.1. The maximum atomic E-state index is 13.0. The fourth-order valence-corrected chi connectivity index (χ4v) is 22.8. The SMILES string of the molecule is CCCc1cc2c(N3CCN(C(=O)CCCOn4nnc5ccccc54)CC3)ncnc2s1.CCc1cc2c(N3CCN(C(=O)CC(N)=O)CC3)ncnc2s1.CCc1cc2c(N3CCN(C(=O)Cc4cccnc4)CC3)ncnc2s1.CCc1cc2c(N3CCN(C(=O)c4ccc(-c5ccccc5)cc4)CC3)ncnc2s1.Cc1cc2c(N3CCN(C(=O)CCCOn4nnc5ccccc54)CC3)ncnc2s1. The maximum absolute atomic E-state index is 13.0. The van der Waals surface area contributed by atoms with E-state index in [-0.39, 0.29) is 36.0 Å². The molecule has 5 saturated heterocycles. The third-order valence-corrected chi connectivity index (χ3v) is 31.4. The minimum absolute atomic E-state index is 0.0934. The highest BCUT2D eigenvalue weighted by Gasteiger charge is 2.32. The van der Waals surface area contributed by atoms with Gasteiger partial charge < -0.3 is 64.4 Å². The largest absolute Gasteiger partial charge is 0.395 e. The van der Waals surface area contributed by atoms with E-state index in [2.05, 4.69) is 177 Å². The Hall–Kier alpha value is -14.6. The lowest BCUT2D eigenvalue weighted by atomic mass is 10.0. The van der Waals surface area contributed by atoms with Crippen LogP contribution in [0.4, 0.5) is 29.1 Å². The summed E-state index contributed by atoms with van der Waals surface area (Å²) in [5.41, 5.74) is 12.3. The number of piperazine rings is 5. The molecule has 2 N–H and O–H groups in total. The van der Waals surface area contributed by atoms with Crippen molar-refractivity contribution < 1.29 is 38.4 Å². The highest BCUT2D eigenvalue weighted by molar-refractivity contribution is 7.20. The fourth-order valence-electron chi connectivity index (χ4n) is 18.1. The predicted octanol–water partition coefficient (Wildman–Crippen LogP) is 13.4. The van der Waals surface area contributed by atoms with Gasteiger partial charge in [0.05, 0.1) is 33.4 Å². The van der Waals surface area contributed by atoms with E-state index >= 15 is 0 Å². The molecule has 36 nitrogen and oxygen atoms in total. The molecule has 0 spiro atoms. The molecule has 744 valence electrons. The lowest BCUT2D eigenvalue weighted by Gasteiger charge is -2.35. The first-order valence-electron chi connectivity index (χ1n) is 49.0. The summed E-state index contributed by atoms with van der Waals surface area (Å²) in [5, 5.41) is 21.7. The Bertz CT molecular complexity index is 7260. The van der Waals surface area contributed by atoms with Gasteiger partial charge >= 0.3 is 0 Å². The number of thiophene rings is 5. The maximum Gasteiger partial charge on any atom is 0.253 e. The van der Waals surface area contributed by atoms with Crippen molar-refractivity contribution in [1.29, 1.82) is 0 Å². The van der Waals surface area contributed by atoms with Gasteiger partial charge in [-0.2, -0.15) is 0 Å². The van der Waals surface area contributed by atoms with Gasteiger partial charge in [-0.25, -0.2) is 49.8 Å². The number of para-hydroxylation sites is 2. The number of aromatic nitrogens is 17. The number of hydrogen-bond acceptors (Lipinski definition) is 33. The molecule has 5 fully saturated rings. The molecule has 18 heterocycles. The van der Waals surface area contributed by atoms with Crippen LogP contribution < -0.4 is 39.9 Å². The van der Waals surface area contributed by atoms with Crippen LogP contribution in [-0.2, 0) is 56.1 Å². The monoisotopic (exact) mass is 2030 g/mol. The lowest BCUT2D eigenvalue weighted by molar-refractivity contribution is -0.135. The van der Waals surface area contributed by atoms with Crippen molar-refractivity contribution in [1.82, 2.24) is 110 Å². The second-order valence-corrected chi connectivity index (χ2v) is 40.9. The van der Waals surface area contributed by atoms with Crippen LogP contribution in [0.2, 0.25) is 0 Å². The number of nitrogens with two attached hydrogens (primary N) is 1. The molecule has 22 rings (SSSR count). The van der Waals surface area contributed by atoms with E-state index in [4.69, 9.17) is 15.4 Å². The molecule has 6 amide bonds. The Morgan fingerprint density at radius 3 is 1.12 bits per heavy atom. The molecule has 0 saturated carbocycles. The second kappa shape index (κ2) is 47.6. The minimum atomic E-state index is -0.583. The lowest BCUT2D eigenvalue weighted by Crippen LogP contribution is -2.49. The highest BCUT2D eigenvalue weighted by Crippen LogP contribution is 2.38. The molecule has 0 unspecified atom stereocenters. The topological polar surface area (TPSA) is 383 Å². The zero-order valence-electron chi connectivity index (χ0n) is 81.2. The van der Waals surface area contributed by atoms with Crippen molar-refractivity contribution in [2.45, 2.75) is 105 Å². The van der Waals surface area contributed by atoms with Crippen LogP contribution >= 0.6 is 56.7 Å². The third-order valence-electron chi connectivity index (χ3n) is 25.8. The zero-order valence-corrected chi connectivity index (χ0v) is 85.3. The molecule has 4 aromatic carbocycles. The highest BCUT2D eigenvalue weighted by atomic mass is 32.1. The van der Waals surface area contributed by atoms with Gasteiger partial charge in [0.25, 0.3) is 5.91 Å². The Labute approximate surface area is 852 Å². The first kappa shape index (κ1) is 99.6. The van der Waals surface area contributed by atoms with E-state index in [9.17, 15) is 28.8 Å². The Morgan fingerprint density at radius 1 is 0.368 bits per heavy atom. The number of rotatable bonds is 26. The number of pyridine rings is 1.